The first-order valence-corrected chi connectivity index (χ1v) is 1.87. The average molecular weight is 100 g/mol. The Hall–Kier alpha value is -0.770. The molecular formula is C3H8N4. The third-order valence-corrected chi connectivity index (χ3v) is 0.560. The van der Waals surface area contributed by atoms with E-state index >= 15 is 0 Å². The molecule has 0 aliphatic carbocycles. The van der Waals surface area contributed by atoms with E-state index in [0.29, 0.717) is 5.01 Å². The van der Waals surface area contributed by atoms with Crippen molar-refractivity contribution in [1.82, 2.24) is 16.2 Å². The van der Waals surface area contributed by atoms with Crippen LogP contribution in [0, 0.1) is 5.41 Å². The Morgan fingerprint density at radius 3 is 2.29 bits per heavy atom. The molecule has 0 fully saturated rings. The molecule has 0 atom stereocenters. The third kappa shape index (κ3) is 1.99. The van der Waals surface area contributed by atoms with Gasteiger partial charge in [-0.3, -0.25) is 5.41 Å². The van der Waals surface area contributed by atoms with E-state index in [-0.39, 0.29) is 5.96 Å². The van der Waals surface area contributed by atoms with E-state index in [1.165, 1.54) is 7.05 Å². The van der Waals surface area contributed by atoms with Gasteiger partial charge in [0.1, 0.15) is 0 Å². The van der Waals surface area contributed by atoms with E-state index < -0.39 is 0 Å². The van der Waals surface area contributed by atoms with Crippen LogP contribution in [0.15, 0.2) is 0 Å². The average Bonchev–Trinajstić information content (AvgIpc) is 1.65. The van der Waals surface area contributed by atoms with E-state index in [0.717, 1.165) is 0 Å². The Bertz CT molecular complexity index is 67.3. The molecule has 0 spiro atoms. The van der Waals surface area contributed by atoms with Gasteiger partial charge < -0.3 is 5.32 Å². The summed E-state index contributed by atoms with van der Waals surface area (Å²) in [4.78, 5) is 0. The van der Waals surface area contributed by atoms with E-state index in [2.05, 4.69) is 5.32 Å². The molecule has 40 valence electrons. The van der Waals surface area contributed by atoms with Crippen molar-refractivity contribution in [3.63, 3.8) is 0 Å². The van der Waals surface area contributed by atoms with Crippen molar-refractivity contribution in [3.05, 3.63) is 0 Å². The fraction of sp³-hybridized carbons (Fsp3) is 0.667. The van der Waals surface area contributed by atoms with Gasteiger partial charge in [0.2, 0.25) is 5.96 Å². The summed E-state index contributed by atoms with van der Waals surface area (Å²) in [5.41, 5.74) is 0. The van der Waals surface area contributed by atoms with Gasteiger partial charge >= 0.3 is 0 Å². The summed E-state index contributed by atoms with van der Waals surface area (Å²) >= 11 is 0. The van der Waals surface area contributed by atoms with Gasteiger partial charge in [0.25, 0.3) is 0 Å². The van der Waals surface area contributed by atoms with E-state index in [9.17, 15) is 0 Å². The Morgan fingerprint density at radius 2 is 2.29 bits per heavy atom. The maximum atomic E-state index is 8.37. The van der Waals surface area contributed by atoms with Crippen molar-refractivity contribution in [1.29, 1.82) is 5.41 Å². The molecule has 0 saturated carbocycles. The largest absolute Gasteiger partial charge is 0.358 e. The molecule has 0 aromatic carbocycles. The minimum absolute atomic E-state index is 0.0139. The molecule has 4 heteroatoms. The number of guanidine groups is 1. The Balaban J connectivity index is 3.35. The van der Waals surface area contributed by atoms with Crippen LogP contribution in [0.4, 0.5) is 0 Å². The molecule has 0 rings (SSSR count). The van der Waals surface area contributed by atoms with Crippen molar-refractivity contribution in [2.24, 2.45) is 0 Å². The molecule has 0 bridgehead atoms. The van der Waals surface area contributed by atoms with Crippen LogP contribution in [0.5, 0.6) is 0 Å². The predicted octanol–water partition coefficient (Wildman–Crippen LogP) is -0.944. The first-order valence-electron chi connectivity index (χ1n) is 1.87. The van der Waals surface area contributed by atoms with Gasteiger partial charge in [0.15, 0.2) is 0 Å². The lowest BCUT2D eigenvalue weighted by atomic mass is 10.9. The second-order valence-corrected chi connectivity index (χ2v) is 1.12. The topological polar surface area (TPSA) is 61.4 Å². The fourth-order valence-corrected chi connectivity index (χ4v) is 0.162. The molecule has 0 aromatic heterocycles. The standard InChI is InChI=1S/C3H8N4/c1-6-3(4)7(2)5/h1-2H3,(H2,4,6). The molecule has 0 heterocycles. The highest BCUT2D eigenvalue weighted by Gasteiger charge is 1.92. The number of hydrogen-bond acceptors (Lipinski definition) is 1. The van der Waals surface area contributed by atoms with Gasteiger partial charge in [-0.15, -0.1) is 0 Å². The SMILES string of the molecule is CNC(=N)N(C)[N]. The number of nitrogens with one attached hydrogen (secondary N) is 2. The second-order valence-electron chi connectivity index (χ2n) is 1.12. The van der Waals surface area contributed by atoms with Crippen LogP contribution in [0.1, 0.15) is 0 Å². The van der Waals surface area contributed by atoms with Crippen LogP contribution in [0.3, 0.4) is 0 Å². The molecule has 0 aromatic rings. The molecule has 0 saturated heterocycles. The minimum Gasteiger partial charge on any atom is -0.358 e. The zero-order valence-electron chi connectivity index (χ0n) is 4.39. The second kappa shape index (κ2) is 2.41. The number of nitrogens with zero attached hydrogens (tertiary/aromatic N) is 2. The quantitative estimate of drug-likeness (QED) is 0.234. The van der Waals surface area contributed by atoms with E-state index in [4.69, 9.17) is 11.3 Å². The summed E-state index contributed by atoms with van der Waals surface area (Å²) in [5, 5.41) is 9.88. The summed E-state index contributed by atoms with van der Waals surface area (Å²) in [6.07, 6.45) is 0. The molecule has 7 heavy (non-hydrogen) atoms. The Kier molecular flexibility index (Phi) is 2.15. The Morgan fingerprint density at radius 1 is 1.86 bits per heavy atom. The first-order chi connectivity index (χ1) is 3.18. The van der Waals surface area contributed by atoms with Gasteiger partial charge in [-0.05, 0) is 5.84 Å². The molecule has 2 radical (unpaired) electrons. The maximum Gasteiger partial charge on any atom is 0.207 e. The Labute approximate surface area is 42.8 Å². The normalized spacial score (nSPS) is 7.86. The summed E-state index contributed by atoms with van der Waals surface area (Å²) in [7, 11) is 2.94. The molecule has 0 aliphatic heterocycles. The van der Waals surface area contributed by atoms with Crippen LogP contribution in [0.25, 0.3) is 0 Å². The maximum absolute atomic E-state index is 8.37. The molecular weight excluding hydrogens is 92.1 g/mol. The monoisotopic (exact) mass is 100 g/mol. The highest BCUT2D eigenvalue weighted by atomic mass is 15.4. The van der Waals surface area contributed by atoms with Gasteiger partial charge in [0.05, 0.1) is 0 Å². The minimum atomic E-state index is -0.0139. The van der Waals surface area contributed by atoms with Crippen molar-refractivity contribution >= 4 is 5.96 Å². The smallest absolute Gasteiger partial charge is 0.207 e. The summed E-state index contributed by atoms with van der Waals surface area (Å²) in [6.45, 7) is 0. The third-order valence-electron chi connectivity index (χ3n) is 0.560. The first kappa shape index (κ1) is 6.23. The van der Waals surface area contributed by atoms with Crippen LogP contribution in [0.2, 0.25) is 0 Å². The van der Waals surface area contributed by atoms with Gasteiger partial charge in [-0.2, -0.15) is 0 Å². The molecule has 0 aliphatic rings. The lowest BCUT2D eigenvalue weighted by Crippen LogP contribution is -2.34. The van der Waals surface area contributed by atoms with E-state index in [1.54, 1.807) is 7.05 Å². The van der Waals surface area contributed by atoms with Gasteiger partial charge in [-0.25, -0.2) is 5.01 Å². The number of hydrogen-bond donors (Lipinski definition) is 2. The molecule has 2 N–H and O–H groups in total. The summed E-state index contributed by atoms with van der Waals surface area (Å²) in [5.74, 6) is 8.35. The van der Waals surface area contributed by atoms with Gasteiger partial charge in [-0.1, -0.05) is 0 Å². The highest BCUT2D eigenvalue weighted by molar-refractivity contribution is 5.75. The van der Waals surface area contributed by atoms with Crippen LogP contribution >= 0.6 is 0 Å². The van der Waals surface area contributed by atoms with E-state index in [1.807, 2.05) is 0 Å². The van der Waals surface area contributed by atoms with Crippen LogP contribution < -0.4 is 11.2 Å². The molecule has 0 amide bonds. The zero-order chi connectivity index (χ0) is 5.86. The number of rotatable bonds is 0. The highest BCUT2D eigenvalue weighted by Crippen LogP contribution is 1.65. The van der Waals surface area contributed by atoms with Crippen LogP contribution in [-0.4, -0.2) is 25.1 Å². The van der Waals surface area contributed by atoms with Crippen molar-refractivity contribution in [2.45, 2.75) is 0 Å². The lowest BCUT2D eigenvalue weighted by Gasteiger charge is -2.06. The van der Waals surface area contributed by atoms with Crippen molar-refractivity contribution in [3.8, 4) is 0 Å². The lowest BCUT2D eigenvalue weighted by molar-refractivity contribution is 0.489. The summed E-state index contributed by atoms with van der Waals surface area (Å²) in [6, 6.07) is 0. The summed E-state index contributed by atoms with van der Waals surface area (Å²) < 4.78 is 0. The van der Waals surface area contributed by atoms with Crippen LogP contribution in [-0.2, 0) is 0 Å². The predicted molar refractivity (Wildman–Crippen MR) is 26.7 cm³/mol. The van der Waals surface area contributed by atoms with Gasteiger partial charge in [0, 0.05) is 14.1 Å². The van der Waals surface area contributed by atoms with Crippen molar-refractivity contribution < 1.29 is 0 Å². The van der Waals surface area contributed by atoms with Crippen molar-refractivity contribution in [2.75, 3.05) is 14.1 Å². The molecule has 4 nitrogen and oxygen atoms in total. The molecule has 0 unspecified atom stereocenters. The fourth-order valence-electron chi connectivity index (χ4n) is 0.162. The zero-order valence-corrected chi connectivity index (χ0v) is 4.39.